The van der Waals surface area contributed by atoms with Gasteiger partial charge >= 0.3 is 0 Å². The quantitative estimate of drug-likeness (QED) is 0.871. The molecule has 1 aromatic rings. The molecule has 104 valence electrons. The standard InChI is InChI=1S/C14H20ClN3O/c1-2-9-16-12-8-7-11(15)13(18-12)14(19)17-10-5-3-4-6-10/h7-8,10H,2-6,9H2,1H3,(H,16,18)(H,17,19). The lowest BCUT2D eigenvalue weighted by atomic mass is 10.2. The fourth-order valence-corrected chi connectivity index (χ4v) is 2.47. The number of hydrogen-bond donors (Lipinski definition) is 2. The van der Waals surface area contributed by atoms with Gasteiger partial charge in [0.15, 0.2) is 0 Å². The van der Waals surface area contributed by atoms with E-state index in [0.717, 1.165) is 25.8 Å². The molecule has 0 aromatic carbocycles. The molecule has 1 amide bonds. The van der Waals surface area contributed by atoms with Gasteiger partial charge in [-0.3, -0.25) is 4.79 Å². The van der Waals surface area contributed by atoms with E-state index in [1.165, 1.54) is 12.8 Å². The Morgan fingerprint density at radius 3 is 2.84 bits per heavy atom. The van der Waals surface area contributed by atoms with E-state index in [-0.39, 0.29) is 11.9 Å². The summed E-state index contributed by atoms with van der Waals surface area (Å²) < 4.78 is 0. The molecule has 0 aliphatic heterocycles. The van der Waals surface area contributed by atoms with Gasteiger partial charge in [0.1, 0.15) is 11.5 Å². The lowest BCUT2D eigenvalue weighted by Crippen LogP contribution is -2.33. The van der Waals surface area contributed by atoms with Crippen molar-refractivity contribution >= 4 is 23.3 Å². The second-order valence-corrected chi connectivity index (χ2v) is 5.32. The monoisotopic (exact) mass is 281 g/mol. The third kappa shape index (κ3) is 3.83. The Morgan fingerprint density at radius 1 is 1.42 bits per heavy atom. The predicted molar refractivity (Wildman–Crippen MR) is 77.7 cm³/mol. The van der Waals surface area contributed by atoms with Gasteiger partial charge in [0.25, 0.3) is 5.91 Å². The molecule has 19 heavy (non-hydrogen) atoms. The molecule has 1 heterocycles. The minimum Gasteiger partial charge on any atom is -0.370 e. The molecule has 1 aliphatic rings. The smallest absolute Gasteiger partial charge is 0.271 e. The Bertz CT molecular complexity index is 444. The third-order valence-corrected chi connectivity index (χ3v) is 3.61. The molecular formula is C14H20ClN3O. The van der Waals surface area contributed by atoms with Crippen molar-refractivity contribution in [3.05, 3.63) is 22.8 Å². The Hall–Kier alpha value is -1.29. The average molecular weight is 282 g/mol. The zero-order valence-electron chi connectivity index (χ0n) is 11.2. The van der Waals surface area contributed by atoms with Gasteiger partial charge in [-0.25, -0.2) is 4.98 Å². The molecule has 0 spiro atoms. The molecule has 1 fully saturated rings. The first-order valence-corrected chi connectivity index (χ1v) is 7.29. The highest BCUT2D eigenvalue weighted by atomic mass is 35.5. The average Bonchev–Trinajstić information content (AvgIpc) is 2.90. The number of rotatable bonds is 5. The van der Waals surface area contributed by atoms with E-state index in [2.05, 4.69) is 22.5 Å². The van der Waals surface area contributed by atoms with E-state index in [4.69, 9.17) is 11.6 Å². The number of carbonyl (C=O) groups is 1. The highest BCUT2D eigenvalue weighted by Gasteiger charge is 2.20. The van der Waals surface area contributed by atoms with Crippen LogP contribution >= 0.6 is 11.6 Å². The van der Waals surface area contributed by atoms with E-state index in [1.54, 1.807) is 12.1 Å². The summed E-state index contributed by atoms with van der Waals surface area (Å²) in [5.74, 6) is 0.528. The molecule has 0 radical (unpaired) electrons. The van der Waals surface area contributed by atoms with Crippen LogP contribution in [0.15, 0.2) is 12.1 Å². The maximum Gasteiger partial charge on any atom is 0.271 e. The Balaban J connectivity index is 2.06. The summed E-state index contributed by atoms with van der Waals surface area (Å²) >= 11 is 6.06. The number of halogens is 1. The molecule has 1 aliphatic carbocycles. The van der Waals surface area contributed by atoms with Crippen molar-refractivity contribution in [3.8, 4) is 0 Å². The van der Waals surface area contributed by atoms with Crippen molar-refractivity contribution in [2.24, 2.45) is 0 Å². The van der Waals surface area contributed by atoms with Crippen LogP contribution in [-0.4, -0.2) is 23.5 Å². The number of carbonyl (C=O) groups excluding carboxylic acids is 1. The summed E-state index contributed by atoms with van der Waals surface area (Å²) in [6.07, 6.45) is 5.48. The van der Waals surface area contributed by atoms with Gasteiger partial charge in [0, 0.05) is 12.6 Å². The van der Waals surface area contributed by atoms with Gasteiger partial charge in [0.2, 0.25) is 0 Å². The number of hydrogen-bond acceptors (Lipinski definition) is 3. The number of anilines is 1. The first-order valence-electron chi connectivity index (χ1n) is 6.92. The Morgan fingerprint density at radius 2 is 2.16 bits per heavy atom. The first-order chi connectivity index (χ1) is 9.20. The van der Waals surface area contributed by atoms with Crippen LogP contribution in [0.1, 0.15) is 49.5 Å². The van der Waals surface area contributed by atoms with Gasteiger partial charge in [-0.15, -0.1) is 0 Å². The van der Waals surface area contributed by atoms with E-state index >= 15 is 0 Å². The summed E-state index contributed by atoms with van der Waals surface area (Å²) in [5, 5.41) is 6.57. The molecule has 2 rings (SSSR count). The largest absolute Gasteiger partial charge is 0.370 e. The highest BCUT2D eigenvalue weighted by Crippen LogP contribution is 2.20. The predicted octanol–water partition coefficient (Wildman–Crippen LogP) is 3.23. The second-order valence-electron chi connectivity index (χ2n) is 4.91. The highest BCUT2D eigenvalue weighted by molar-refractivity contribution is 6.33. The maximum absolute atomic E-state index is 12.2. The van der Waals surface area contributed by atoms with E-state index in [0.29, 0.717) is 16.5 Å². The summed E-state index contributed by atoms with van der Waals surface area (Å²) in [4.78, 5) is 16.5. The molecule has 4 nitrogen and oxygen atoms in total. The summed E-state index contributed by atoms with van der Waals surface area (Å²) in [6, 6.07) is 3.79. The van der Waals surface area contributed by atoms with Crippen LogP contribution in [0, 0.1) is 0 Å². The summed E-state index contributed by atoms with van der Waals surface area (Å²) in [5.41, 5.74) is 0.315. The molecule has 1 aromatic heterocycles. The normalized spacial score (nSPS) is 15.5. The van der Waals surface area contributed by atoms with Gasteiger partial charge in [-0.05, 0) is 31.4 Å². The van der Waals surface area contributed by atoms with Crippen LogP contribution in [-0.2, 0) is 0 Å². The van der Waals surface area contributed by atoms with Crippen molar-refractivity contribution in [2.75, 3.05) is 11.9 Å². The lowest BCUT2D eigenvalue weighted by molar-refractivity contribution is 0.0933. The zero-order chi connectivity index (χ0) is 13.7. The number of aromatic nitrogens is 1. The van der Waals surface area contributed by atoms with Gasteiger partial charge in [-0.1, -0.05) is 31.4 Å². The molecule has 0 bridgehead atoms. The zero-order valence-corrected chi connectivity index (χ0v) is 12.0. The minimum absolute atomic E-state index is 0.169. The van der Waals surface area contributed by atoms with Gasteiger partial charge < -0.3 is 10.6 Å². The molecular weight excluding hydrogens is 262 g/mol. The number of pyridine rings is 1. The topological polar surface area (TPSA) is 54.0 Å². The molecule has 5 heteroatoms. The van der Waals surface area contributed by atoms with Crippen LogP contribution in [0.5, 0.6) is 0 Å². The third-order valence-electron chi connectivity index (χ3n) is 3.31. The van der Waals surface area contributed by atoms with Gasteiger partial charge in [0.05, 0.1) is 5.02 Å². The Kier molecular flexibility index (Phi) is 5.02. The Labute approximate surface area is 118 Å². The SMILES string of the molecule is CCCNc1ccc(Cl)c(C(=O)NC2CCCC2)n1. The number of nitrogens with zero attached hydrogens (tertiary/aromatic N) is 1. The maximum atomic E-state index is 12.2. The molecule has 1 saturated carbocycles. The lowest BCUT2D eigenvalue weighted by Gasteiger charge is -2.13. The van der Waals surface area contributed by atoms with Crippen molar-refractivity contribution in [1.29, 1.82) is 0 Å². The minimum atomic E-state index is -0.169. The van der Waals surface area contributed by atoms with Crippen LogP contribution in [0.3, 0.4) is 0 Å². The summed E-state index contributed by atoms with van der Waals surface area (Å²) in [7, 11) is 0. The number of nitrogens with one attached hydrogen (secondary N) is 2. The molecule has 0 saturated heterocycles. The molecule has 0 atom stereocenters. The fourth-order valence-electron chi connectivity index (χ4n) is 2.28. The van der Waals surface area contributed by atoms with Crippen LogP contribution < -0.4 is 10.6 Å². The molecule has 2 N–H and O–H groups in total. The van der Waals surface area contributed by atoms with Crippen molar-refractivity contribution in [2.45, 2.75) is 45.1 Å². The first kappa shape index (κ1) is 14.1. The van der Waals surface area contributed by atoms with Crippen molar-refractivity contribution in [1.82, 2.24) is 10.3 Å². The van der Waals surface area contributed by atoms with E-state index in [1.807, 2.05) is 0 Å². The second kappa shape index (κ2) is 6.75. The van der Waals surface area contributed by atoms with Crippen LogP contribution in [0.2, 0.25) is 5.02 Å². The van der Waals surface area contributed by atoms with Crippen molar-refractivity contribution in [3.63, 3.8) is 0 Å². The summed E-state index contributed by atoms with van der Waals surface area (Å²) in [6.45, 7) is 2.91. The fraction of sp³-hybridized carbons (Fsp3) is 0.571. The number of amides is 1. The van der Waals surface area contributed by atoms with Crippen LogP contribution in [0.25, 0.3) is 0 Å². The molecule has 0 unspecified atom stereocenters. The van der Waals surface area contributed by atoms with Crippen LogP contribution in [0.4, 0.5) is 5.82 Å². The van der Waals surface area contributed by atoms with Crippen molar-refractivity contribution < 1.29 is 4.79 Å². The van der Waals surface area contributed by atoms with E-state index in [9.17, 15) is 4.79 Å². The van der Waals surface area contributed by atoms with Gasteiger partial charge in [-0.2, -0.15) is 0 Å². The van der Waals surface area contributed by atoms with E-state index < -0.39 is 0 Å².